The van der Waals surface area contributed by atoms with Crippen molar-refractivity contribution in [2.45, 2.75) is 63.2 Å². The van der Waals surface area contributed by atoms with Gasteiger partial charge < -0.3 is 27.8 Å². The Bertz CT molecular complexity index is 1310. The Morgan fingerprint density at radius 1 is 1.08 bits per heavy atom. The molecular weight excluding hydrogens is 733 g/mol. The first-order valence-corrected chi connectivity index (χ1v) is 13.4. The van der Waals surface area contributed by atoms with E-state index >= 15 is 0 Å². The van der Waals surface area contributed by atoms with Crippen LogP contribution in [0.3, 0.4) is 0 Å². The molecule has 2 fully saturated rings. The fraction of sp³-hybridized carbons (Fsp3) is 0.452. The van der Waals surface area contributed by atoms with Crippen LogP contribution in [-0.4, -0.2) is 41.4 Å². The summed E-state index contributed by atoms with van der Waals surface area (Å²) in [6.45, 7) is 0.515. The second-order valence-electron chi connectivity index (χ2n) is 10.7. The van der Waals surface area contributed by atoms with Crippen molar-refractivity contribution in [3.63, 3.8) is 0 Å². The molecule has 2 aliphatic carbocycles. The first-order valence-electron chi connectivity index (χ1n) is 13.4. The first-order chi connectivity index (χ1) is 18.0. The smallest absolute Gasteiger partial charge is 0.296 e. The van der Waals surface area contributed by atoms with Gasteiger partial charge in [0.1, 0.15) is 0 Å². The Morgan fingerprint density at radius 2 is 1.77 bits per heavy atom. The number of carbonyl (C=O) groups excluding carboxylic acids is 1. The van der Waals surface area contributed by atoms with Crippen molar-refractivity contribution < 1.29 is 57.9 Å². The minimum absolute atomic E-state index is 0. The monoisotopic (exact) mass is 769 g/mol. The van der Waals surface area contributed by atoms with Gasteiger partial charge in [-0.05, 0) is 74.7 Å². The number of anilines is 3. The fourth-order valence-corrected chi connectivity index (χ4v) is 5.62. The summed E-state index contributed by atoms with van der Waals surface area (Å²) >= 11 is 0. The standard InChI is InChI=1S/C31H35N5O.Re.Y/c1-36(2)20-8-11-29(37)34-26-16-17-28-27(21-26)30(33-22-32-28)35-25-14-12-24(13-15-25)31(18-19-31)23-9-6-4-3-5-7-10-23;;/h12-15,17,22-23H,3-7,9-10,18-20H2,1-2H3,(H,34,37)(H,32,33,35);;/q-2;;. The van der Waals surface area contributed by atoms with Crippen LogP contribution in [0.2, 0.25) is 0 Å². The fourth-order valence-electron chi connectivity index (χ4n) is 5.62. The summed E-state index contributed by atoms with van der Waals surface area (Å²) in [7, 11) is 3.81. The largest absolute Gasteiger partial charge is 0.367 e. The Kier molecular flexibility index (Phi) is 12.1. The van der Waals surface area contributed by atoms with E-state index in [-0.39, 0.29) is 53.1 Å². The minimum Gasteiger partial charge on any atom is -0.367 e. The van der Waals surface area contributed by atoms with Gasteiger partial charge >= 0.3 is 0 Å². The summed E-state index contributed by atoms with van der Waals surface area (Å²) in [6.07, 6.45) is 13.9. The number of aromatic nitrogens is 2. The summed E-state index contributed by atoms with van der Waals surface area (Å²) in [6, 6.07) is 16.9. The van der Waals surface area contributed by atoms with Gasteiger partial charge in [0.15, 0.2) is 0 Å². The van der Waals surface area contributed by atoms with Crippen molar-refractivity contribution >= 4 is 34.0 Å². The Hall–Kier alpha value is -1.66. The van der Waals surface area contributed by atoms with Gasteiger partial charge in [-0.3, -0.25) is 15.8 Å². The molecule has 3 aromatic rings. The maximum absolute atomic E-state index is 12.2. The summed E-state index contributed by atoms with van der Waals surface area (Å²) in [4.78, 5) is 22.9. The molecule has 202 valence electrons. The Balaban J connectivity index is 0.00000210. The van der Waals surface area contributed by atoms with Crippen molar-refractivity contribution in [3.05, 3.63) is 54.4 Å². The molecule has 0 bridgehead atoms. The molecule has 1 aromatic heterocycles. The van der Waals surface area contributed by atoms with Gasteiger partial charge in [-0.25, -0.2) is 10.7 Å². The molecule has 0 aliphatic heterocycles. The normalized spacial score (nSPS) is 16.5. The molecule has 1 heterocycles. The van der Waals surface area contributed by atoms with Crippen LogP contribution in [-0.2, 0) is 63.3 Å². The van der Waals surface area contributed by atoms with E-state index in [2.05, 4.69) is 68.8 Å². The SMILES string of the molecule is CN(C)CC#CC(=O)Nc1[c-]cc2ncnc(Nc3ccc(C4(C5CCCCCCC5)CC4)cc3)c2[c-]1.[Re].[Y]. The van der Waals surface area contributed by atoms with Crippen LogP contribution in [0.4, 0.5) is 17.2 Å². The summed E-state index contributed by atoms with van der Waals surface area (Å²) in [5.41, 5.74) is 3.96. The maximum atomic E-state index is 12.2. The van der Waals surface area contributed by atoms with Gasteiger partial charge in [-0.15, -0.1) is 0 Å². The van der Waals surface area contributed by atoms with Crippen molar-refractivity contribution in [1.29, 1.82) is 0 Å². The maximum Gasteiger partial charge on any atom is 0.296 e. The van der Waals surface area contributed by atoms with Gasteiger partial charge in [-0.1, -0.05) is 50.2 Å². The van der Waals surface area contributed by atoms with E-state index in [1.165, 1.54) is 69.7 Å². The average Bonchev–Trinajstić information content (AvgIpc) is 3.66. The van der Waals surface area contributed by atoms with Gasteiger partial charge in [0.2, 0.25) is 0 Å². The Labute approximate surface area is 271 Å². The number of hydrogen-bond acceptors (Lipinski definition) is 5. The third-order valence-electron chi connectivity index (χ3n) is 7.71. The molecule has 0 saturated heterocycles. The van der Waals surface area contributed by atoms with Crippen LogP contribution in [0.1, 0.15) is 63.4 Å². The molecule has 0 unspecified atom stereocenters. The molecule has 8 heteroatoms. The number of carbonyl (C=O) groups is 1. The molecule has 2 N–H and O–H groups in total. The van der Waals surface area contributed by atoms with Crippen molar-refractivity contribution in [1.82, 2.24) is 14.9 Å². The molecule has 6 nitrogen and oxygen atoms in total. The summed E-state index contributed by atoms with van der Waals surface area (Å²) < 4.78 is 0. The zero-order valence-electron chi connectivity index (χ0n) is 22.8. The van der Waals surface area contributed by atoms with E-state index in [0.29, 0.717) is 34.4 Å². The predicted molar refractivity (Wildman–Crippen MR) is 149 cm³/mol. The second kappa shape index (κ2) is 14.8. The number of hydrogen-bond donors (Lipinski definition) is 2. The topological polar surface area (TPSA) is 70.2 Å². The zero-order chi connectivity index (χ0) is 25.7. The molecular formula is C31H35N5OReY-2. The number of benzene rings is 2. The second-order valence-corrected chi connectivity index (χ2v) is 10.7. The average molecular weight is 769 g/mol. The Morgan fingerprint density at radius 3 is 2.44 bits per heavy atom. The molecule has 5 rings (SSSR count). The zero-order valence-corrected chi connectivity index (χ0v) is 28.4. The van der Waals surface area contributed by atoms with Gasteiger partial charge in [0, 0.05) is 58.8 Å². The van der Waals surface area contributed by atoms with Gasteiger partial charge in [-0.2, -0.15) is 10.9 Å². The molecule has 2 aliphatic rings. The third-order valence-corrected chi connectivity index (χ3v) is 7.71. The van der Waals surface area contributed by atoms with E-state index in [1.54, 1.807) is 6.07 Å². The van der Waals surface area contributed by atoms with Crippen molar-refractivity contribution in [3.8, 4) is 11.8 Å². The number of nitrogens with zero attached hydrogens (tertiary/aromatic N) is 3. The van der Waals surface area contributed by atoms with Crippen LogP contribution < -0.4 is 10.6 Å². The number of rotatable bonds is 6. The van der Waals surface area contributed by atoms with Gasteiger partial charge in [0.25, 0.3) is 5.91 Å². The predicted octanol–water partition coefficient (Wildman–Crippen LogP) is 5.86. The molecule has 39 heavy (non-hydrogen) atoms. The summed E-state index contributed by atoms with van der Waals surface area (Å²) in [5.74, 6) is 6.49. The molecule has 2 radical (unpaired) electrons. The van der Waals surface area contributed by atoms with E-state index in [4.69, 9.17) is 0 Å². The minimum atomic E-state index is -0.394. The van der Waals surface area contributed by atoms with Gasteiger partial charge in [0.05, 0.1) is 18.7 Å². The number of amides is 1. The number of fused-ring (bicyclic) bond motifs is 1. The molecule has 2 saturated carbocycles. The molecule has 0 spiro atoms. The third kappa shape index (κ3) is 8.19. The molecule has 0 atom stereocenters. The number of nitrogens with one attached hydrogen (secondary N) is 2. The van der Waals surface area contributed by atoms with Crippen LogP contribution in [0.25, 0.3) is 10.9 Å². The van der Waals surface area contributed by atoms with E-state index in [0.717, 1.165) is 11.6 Å². The van der Waals surface area contributed by atoms with Crippen molar-refractivity contribution in [2.24, 2.45) is 5.92 Å². The quantitative estimate of drug-likeness (QED) is 0.243. The van der Waals surface area contributed by atoms with Crippen molar-refractivity contribution in [2.75, 3.05) is 31.3 Å². The summed E-state index contributed by atoms with van der Waals surface area (Å²) in [5, 5.41) is 6.86. The first kappa shape index (κ1) is 31.9. The molecule has 1 amide bonds. The van der Waals surface area contributed by atoms with Crippen LogP contribution >= 0.6 is 0 Å². The van der Waals surface area contributed by atoms with Crippen LogP contribution in [0, 0.1) is 29.9 Å². The van der Waals surface area contributed by atoms with E-state index < -0.39 is 5.91 Å². The van der Waals surface area contributed by atoms with E-state index in [9.17, 15) is 4.79 Å². The van der Waals surface area contributed by atoms with Crippen LogP contribution in [0.5, 0.6) is 0 Å². The van der Waals surface area contributed by atoms with E-state index in [1.807, 2.05) is 19.0 Å². The van der Waals surface area contributed by atoms with Crippen LogP contribution in [0.15, 0.2) is 36.7 Å². The molecule has 2 aromatic carbocycles.